The fraction of sp³-hybridized carbons (Fsp3) is 0.250. The summed E-state index contributed by atoms with van der Waals surface area (Å²) in [6.07, 6.45) is 4.25. The smallest absolute Gasteiger partial charge is 0.282 e. The summed E-state index contributed by atoms with van der Waals surface area (Å²) in [5, 5.41) is 0. The number of ether oxygens (including phenoxy) is 1. The predicted octanol–water partition coefficient (Wildman–Crippen LogP) is 4.56. The van der Waals surface area contributed by atoms with E-state index in [4.69, 9.17) is 4.74 Å². The standard InChI is InChI=1S/C28H29N3O3/c1-5-30(17-14-21-12-15-29-16-13-21)26-25(22-8-6-7-9-24(22)34-4)27(32)31(28(26)33)23-11-10-19(2)18-20(23)3/h6-13,15-16,18H,5,14,17H2,1-4H3. The number of imide groups is 1. The molecular weight excluding hydrogens is 426 g/mol. The van der Waals surface area contributed by atoms with E-state index in [-0.39, 0.29) is 11.8 Å². The first-order valence-electron chi connectivity index (χ1n) is 11.4. The molecule has 0 bridgehead atoms. The summed E-state index contributed by atoms with van der Waals surface area (Å²) in [4.78, 5) is 35.2. The zero-order valence-corrected chi connectivity index (χ0v) is 20.0. The number of amides is 2. The average Bonchev–Trinajstić information content (AvgIpc) is 3.10. The van der Waals surface area contributed by atoms with Crippen molar-refractivity contribution < 1.29 is 14.3 Å². The van der Waals surface area contributed by atoms with Gasteiger partial charge in [0.15, 0.2) is 0 Å². The first kappa shape index (κ1) is 23.2. The number of hydrogen-bond donors (Lipinski definition) is 0. The zero-order chi connectivity index (χ0) is 24.2. The quantitative estimate of drug-likeness (QED) is 0.466. The van der Waals surface area contributed by atoms with E-state index < -0.39 is 0 Å². The first-order chi connectivity index (χ1) is 16.5. The third-order valence-electron chi connectivity index (χ3n) is 6.15. The molecule has 0 spiro atoms. The van der Waals surface area contributed by atoms with E-state index in [1.165, 1.54) is 4.90 Å². The Hall–Kier alpha value is -3.93. The van der Waals surface area contributed by atoms with Crippen LogP contribution in [-0.4, -0.2) is 41.9 Å². The van der Waals surface area contributed by atoms with Crippen molar-refractivity contribution in [1.82, 2.24) is 9.88 Å². The number of anilines is 1. The van der Waals surface area contributed by atoms with Gasteiger partial charge in [0.1, 0.15) is 11.4 Å². The van der Waals surface area contributed by atoms with E-state index in [1.54, 1.807) is 19.5 Å². The molecule has 6 nitrogen and oxygen atoms in total. The third kappa shape index (κ3) is 4.31. The van der Waals surface area contributed by atoms with Gasteiger partial charge in [-0.1, -0.05) is 35.9 Å². The molecule has 3 aromatic rings. The molecule has 1 aliphatic rings. The van der Waals surface area contributed by atoms with Crippen LogP contribution in [0.2, 0.25) is 0 Å². The minimum absolute atomic E-state index is 0.311. The number of hydrogen-bond acceptors (Lipinski definition) is 5. The van der Waals surface area contributed by atoms with E-state index >= 15 is 0 Å². The number of carbonyl (C=O) groups excluding carboxylic acids is 2. The highest BCUT2D eigenvalue weighted by atomic mass is 16.5. The lowest BCUT2D eigenvalue weighted by atomic mass is 10.0. The summed E-state index contributed by atoms with van der Waals surface area (Å²) in [5.41, 5.74) is 5.08. The maximum atomic E-state index is 13.9. The highest BCUT2D eigenvalue weighted by Crippen LogP contribution is 2.39. The predicted molar refractivity (Wildman–Crippen MR) is 134 cm³/mol. The van der Waals surface area contributed by atoms with E-state index in [0.717, 1.165) is 23.1 Å². The molecule has 0 saturated heterocycles. The van der Waals surface area contributed by atoms with Gasteiger partial charge >= 0.3 is 0 Å². The number of likely N-dealkylation sites (N-methyl/N-ethyl adjacent to an activating group) is 1. The van der Waals surface area contributed by atoms with Crippen molar-refractivity contribution in [2.24, 2.45) is 0 Å². The molecule has 34 heavy (non-hydrogen) atoms. The molecule has 0 saturated carbocycles. The molecule has 6 heteroatoms. The summed E-state index contributed by atoms with van der Waals surface area (Å²) < 4.78 is 5.57. The van der Waals surface area contributed by atoms with Crippen LogP contribution in [0.4, 0.5) is 5.69 Å². The second-order valence-electron chi connectivity index (χ2n) is 8.34. The van der Waals surface area contributed by atoms with Gasteiger partial charge in [-0.25, -0.2) is 4.90 Å². The van der Waals surface area contributed by atoms with Gasteiger partial charge in [0, 0.05) is 31.0 Å². The molecule has 4 rings (SSSR count). The van der Waals surface area contributed by atoms with Crippen LogP contribution in [0.5, 0.6) is 5.75 Å². The van der Waals surface area contributed by atoms with Crippen LogP contribution in [0, 0.1) is 13.8 Å². The average molecular weight is 456 g/mol. The molecule has 0 radical (unpaired) electrons. The minimum Gasteiger partial charge on any atom is -0.496 e. The Morgan fingerprint density at radius 1 is 0.971 bits per heavy atom. The van der Waals surface area contributed by atoms with Gasteiger partial charge in [0.05, 0.1) is 18.4 Å². The normalized spacial score (nSPS) is 13.6. The lowest BCUT2D eigenvalue weighted by Gasteiger charge is -2.25. The lowest BCUT2D eigenvalue weighted by molar-refractivity contribution is -0.120. The molecule has 2 heterocycles. The number of nitrogens with zero attached hydrogens (tertiary/aromatic N) is 3. The molecule has 0 atom stereocenters. The summed E-state index contributed by atoms with van der Waals surface area (Å²) in [6.45, 7) is 7.08. The van der Waals surface area contributed by atoms with Crippen LogP contribution in [0.1, 0.15) is 29.2 Å². The highest BCUT2D eigenvalue weighted by Gasteiger charge is 2.43. The summed E-state index contributed by atoms with van der Waals surface area (Å²) in [5.74, 6) is -0.0860. The van der Waals surface area contributed by atoms with Crippen LogP contribution >= 0.6 is 0 Å². The number of para-hydroxylation sites is 1. The van der Waals surface area contributed by atoms with Crippen molar-refractivity contribution >= 4 is 23.1 Å². The number of carbonyl (C=O) groups is 2. The Morgan fingerprint density at radius 2 is 1.71 bits per heavy atom. The van der Waals surface area contributed by atoms with Crippen molar-refractivity contribution in [1.29, 1.82) is 0 Å². The number of benzene rings is 2. The van der Waals surface area contributed by atoms with E-state index in [9.17, 15) is 9.59 Å². The monoisotopic (exact) mass is 455 g/mol. The largest absolute Gasteiger partial charge is 0.496 e. The Balaban J connectivity index is 1.82. The molecule has 0 aliphatic carbocycles. The maximum absolute atomic E-state index is 13.9. The number of pyridine rings is 1. The van der Waals surface area contributed by atoms with Gasteiger partial charge in [0.2, 0.25) is 0 Å². The fourth-order valence-electron chi connectivity index (χ4n) is 4.42. The molecule has 1 aliphatic heterocycles. The van der Waals surface area contributed by atoms with E-state index in [0.29, 0.717) is 41.4 Å². The van der Waals surface area contributed by atoms with E-state index in [1.807, 2.05) is 80.3 Å². The summed E-state index contributed by atoms with van der Waals surface area (Å²) >= 11 is 0. The van der Waals surface area contributed by atoms with Crippen LogP contribution in [0.15, 0.2) is 72.7 Å². The molecular formula is C28H29N3O3. The Bertz CT molecular complexity index is 1250. The van der Waals surface area contributed by atoms with Gasteiger partial charge in [-0.05, 0) is 62.6 Å². The maximum Gasteiger partial charge on any atom is 0.282 e. The van der Waals surface area contributed by atoms with Crippen molar-refractivity contribution in [3.8, 4) is 5.75 Å². The molecule has 2 aromatic carbocycles. The second kappa shape index (κ2) is 9.91. The number of rotatable bonds is 8. The number of methoxy groups -OCH3 is 1. The van der Waals surface area contributed by atoms with Crippen molar-refractivity contribution in [3.63, 3.8) is 0 Å². The Morgan fingerprint density at radius 3 is 2.38 bits per heavy atom. The molecule has 0 unspecified atom stereocenters. The van der Waals surface area contributed by atoms with Gasteiger partial charge in [0.25, 0.3) is 11.8 Å². The molecule has 174 valence electrons. The van der Waals surface area contributed by atoms with Crippen LogP contribution in [0.25, 0.3) is 5.57 Å². The number of aromatic nitrogens is 1. The highest BCUT2D eigenvalue weighted by molar-refractivity contribution is 6.45. The third-order valence-corrected chi connectivity index (χ3v) is 6.15. The fourth-order valence-corrected chi connectivity index (χ4v) is 4.42. The van der Waals surface area contributed by atoms with Crippen molar-refractivity contribution in [2.75, 3.05) is 25.1 Å². The van der Waals surface area contributed by atoms with Gasteiger partial charge in [-0.15, -0.1) is 0 Å². The SMILES string of the molecule is CCN(CCc1ccncc1)C1=C(c2ccccc2OC)C(=O)N(c2ccc(C)cc2C)C1=O. The van der Waals surface area contributed by atoms with E-state index in [2.05, 4.69) is 4.98 Å². The summed E-state index contributed by atoms with van der Waals surface area (Å²) in [7, 11) is 1.57. The van der Waals surface area contributed by atoms with Gasteiger partial charge < -0.3 is 9.64 Å². The second-order valence-corrected chi connectivity index (χ2v) is 8.34. The zero-order valence-electron chi connectivity index (χ0n) is 20.0. The molecule has 2 amide bonds. The van der Waals surface area contributed by atoms with Gasteiger partial charge in [-0.2, -0.15) is 0 Å². The van der Waals surface area contributed by atoms with Crippen LogP contribution < -0.4 is 9.64 Å². The minimum atomic E-state index is -0.334. The van der Waals surface area contributed by atoms with Crippen molar-refractivity contribution in [2.45, 2.75) is 27.2 Å². The molecule has 0 fully saturated rings. The topological polar surface area (TPSA) is 62.7 Å². The van der Waals surface area contributed by atoms with Crippen LogP contribution in [0.3, 0.4) is 0 Å². The lowest BCUT2D eigenvalue weighted by Crippen LogP contribution is -2.36. The molecule has 1 aromatic heterocycles. The van der Waals surface area contributed by atoms with Crippen molar-refractivity contribution in [3.05, 3.63) is 94.9 Å². The Labute approximate surface area is 200 Å². The summed E-state index contributed by atoms with van der Waals surface area (Å²) in [6, 6.07) is 17.0. The number of aryl methyl sites for hydroxylation is 2. The first-order valence-corrected chi connectivity index (χ1v) is 11.4. The van der Waals surface area contributed by atoms with Gasteiger partial charge in [-0.3, -0.25) is 14.6 Å². The molecule has 0 N–H and O–H groups in total. The Kier molecular flexibility index (Phi) is 6.77. The van der Waals surface area contributed by atoms with Crippen LogP contribution in [-0.2, 0) is 16.0 Å².